The van der Waals surface area contributed by atoms with E-state index in [9.17, 15) is 27.6 Å². The van der Waals surface area contributed by atoms with Crippen LogP contribution in [0.25, 0.3) is 11.4 Å². The van der Waals surface area contributed by atoms with Crippen LogP contribution in [0.3, 0.4) is 0 Å². The first kappa shape index (κ1) is 30.4. The monoisotopic (exact) mass is 576 g/mol. The average Bonchev–Trinajstić information content (AvgIpc) is 3.75. The van der Waals surface area contributed by atoms with Gasteiger partial charge in [0.25, 0.3) is 5.91 Å². The Balaban J connectivity index is 1.33. The van der Waals surface area contributed by atoms with Crippen LogP contribution in [0.1, 0.15) is 80.0 Å². The molecule has 222 valence electrons. The third-order valence-electron chi connectivity index (χ3n) is 6.86. The number of hydrogen-bond donors (Lipinski definition) is 0. The van der Waals surface area contributed by atoms with Crippen molar-refractivity contribution in [2.75, 3.05) is 19.7 Å². The van der Waals surface area contributed by atoms with E-state index < -0.39 is 18.6 Å². The molecule has 1 aromatic heterocycles. The third kappa shape index (κ3) is 8.72. The number of carbonyl (C=O) groups excluding carboxylic acids is 3. The second-order valence-electron chi connectivity index (χ2n) is 11.3. The minimum absolute atomic E-state index is 0.0125. The van der Waals surface area contributed by atoms with Crippen molar-refractivity contribution in [3.63, 3.8) is 0 Å². The predicted molar refractivity (Wildman–Crippen MR) is 143 cm³/mol. The molecule has 1 saturated carbocycles. The Morgan fingerprint density at radius 3 is 2.05 bits per heavy atom. The molecule has 0 atom stereocenters. The first-order chi connectivity index (χ1) is 19.3. The topological polar surface area (TPSA) is 102 Å². The second kappa shape index (κ2) is 12.5. The number of halogens is 3. The summed E-state index contributed by atoms with van der Waals surface area (Å²) in [5.41, 5.74) is 0.816. The number of Topliss-reactive ketones (excluding diaryl/α,β-unsaturated/α-hetero) is 1. The van der Waals surface area contributed by atoms with Crippen LogP contribution in [0.15, 0.2) is 36.7 Å². The lowest BCUT2D eigenvalue weighted by atomic mass is 10.0. The van der Waals surface area contributed by atoms with Crippen molar-refractivity contribution >= 4 is 17.8 Å². The summed E-state index contributed by atoms with van der Waals surface area (Å²) >= 11 is 0. The zero-order valence-electron chi connectivity index (χ0n) is 23.4. The van der Waals surface area contributed by atoms with Gasteiger partial charge in [0.15, 0.2) is 11.6 Å². The highest BCUT2D eigenvalue weighted by Crippen LogP contribution is 2.33. The van der Waals surface area contributed by atoms with Crippen molar-refractivity contribution in [2.45, 2.75) is 83.3 Å². The van der Waals surface area contributed by atoms with Gasteiger partial charge < -0.3 is 14.5 Å². The number of piperidine rings is 1. The molecule has 2 heterocycles. The van der Waals surface area contributed by atoms with Crippen LogP contribution in [-0.2, 0) is 9.47 Å². The molecule has 1 aromatic carbocycles. The van der Waals surface area contributed by atoms with Crippen LogP contribution in [0, 0.1) is 0 Å². The maximum atomic E-state index is 13.5. The maximum Gasteiger partial charge on any atom is 0.522 e. The number of likely N-dealkylation sites (tertiary alicyclic amines) is 1. The molecule has 0 radical (unpaired) electrons. The van der Waals surface area contributed by atoms with Crippen molar-refractivity contribution < 1.29 is 37.0 Å². The molecular formula is C29H35F3N4O5. The fourth-order valence-electron chi connectivity index (χ4n) is 4.74. The van der Waals surface area contributed by atoms with Crippen molar-refractivity contribution in [3.05, 3.63) is 47.8 Å². The molecule has 0 spiro atoms. The van der Waals surface area contributed by atoms with Gasteiger partial charge in [0, 0.05) is 55.1 Å². The third-order valence-corrected chi connectivity index (χ3v) is 6.86. The lowest BCUT2D eigenvalue weighted by Crippen LogP contribution is -2.50. The van der Waals surface area contributed by atoms with Crippen molar-refractivity contribution in [1.29, 1.82) is 0 Å². The van der Waals surface area contributed by atoms with Gasteiger partial charge in [0.05, 0.1) is 12.2 Å². The number of carbonyl (C=O) groups is 3. The molecule has 4 rings (SSSR count). The van der Waals surface area contributed by atoms with Gasteiger partial charge in [-0.25, -0.2) is 14.8 Å². The maximum absolute atomic E-state index is 13.5. The molecule has 2 amide bonds. The second-order valence-corrected chi connectivity index (χ2v) is 11.3. The van der Waals surface area contributed by atoms with E-state index in [0.717, 1.165) is 12.8 Å². The number of rotatable bonds is 9. The van der Waals surface area contributed by atoms with E-state index in [1.807, 2.05) is 25.7 Å². The lowest BCUT2D eigenvalue weighted by Gasteiger charge is -2.39. The molecule has 1 aliphatic carbocycles. The smallest absolute Gasteiger partial charge is 0.444 e. The van der Waals surface area contributed by atoms with Gasteiger partial charge in [0.1, 0.15) is 5.60 Å². The van der Waals surface area contributed by atoms with Gasteiger partial charge in [-0.1, -0.05) is 24.3 Å². The Morgan fingerprint density at radius 2 is 1.51 bits per heavy atom. The van der Waals surface area contributed by atoms with Crippen molar-refractivity contribution in [1.82, 2.24) is 19.8 Å². The number of alkyl halides is 3. The van der Waals surface area contributed by atoms with Crippen LogP contribution in [0.2, 0.25) is 0 Å². The molecule has 0 bridgehead atoms. The summed E-state index contributed by atoms with van der Waals surface area (Å²) in [7, 11) is 0. The van der Waals surface area contributed by atoms with Gasteiger partial charge in [-0.3, -0.25) is 14.3 Å². The largest absolute Gasteiger partial charge is 0.522 e. The van der Waals surface area contributed by atoms with E-state index in [2.05, 4.69) is 14.7 Å². The minimum atomic E-state index is -4.71. The fraction of sp³-hybridized carbons (Fsp3) is 0.552. The molecule has 41 heavy (non-hydrogen) atoms. The van der Waals surface area contributed by atoms with Crippen LogP contribution in [-0.4, -0.2) is 81.3 Å². The molecule has 0 unspecified atom stereocenters. The summed E-state index contributed by atoms with van der Waals surface area (Å²) in [6.07, 6.45) is 1.06. The zero-order valence-corrected chi connectivity index (χ0v) is 23.4. The predicted octanol–water partition coefficient (Wildman–Crippen LogP) is 5.65. The number of hydrogen-bond acceptors (Lipinski definition) is 7. The highest BCUT2D eigenvalue weighted by atomic mass is 19.4. The molecule has 0 N–H and O–H groups in total. The fourth-order valence-corrected chi connectivity index (χ4v) is 4.74. The summed E-state index contributed by atoms with van der Waals surface area (Å²) in [5.74, 6) is -0.0470. The Hall–Kier alpha value is -3.54. The summed E-state index contributed by atoms with van der Waals surface area (Å²) in [5, 5.41) is 0. The van der Waals surface area contributed by atoms with E-state index in [-0.39, 0.29) is 42.7 Å². The van der Waals surface area contributed by atoms with Gasteiger partial charge in [0.2, 0.25) is 0 Å². The van der Waals surface area contributed by atoms with Crippen LogP contribution in [0.4, 0.5) is 18.0 Å². The zero-order chi connectivity index (χ0) is 29.8. The van der Waals surface area contributed by atoms with Crippen LogP contribution in [0.5, 0.6) is 0 Å². The van der Waals surface area contributed by atoms with Gasteiger partial charge in [-0.15, -0.1) is 13.2 Å². The van der Waals surface area contributed by atoms with Gasteiger partial charge in [-0.2, -0.15) is 0 Å². The summed E-state index contributed by atoms with van der Waals surface area (Å²) < 4.78 is 45.4. The summed E-state index contributed by atoms with van der Waals surface area (Å²) in [4.78, 5) is 50.5. The molecule has 9 nitrogen and oxygen atoms in total. The minimum Gasteiger partial charge on any atom is -0.444 e. The average molecular weight is 577 g/mol. The number of nitrogens with zero attached hydrogens (tertiary/aromatic N) is 4. The summed E-state index contributed by atoms with van der Waals surface area (Å²) in [6, 6.07) is 6.65. The summed E-state index contributed by atoms with van der Waals surface area (Å²) in [6.45, 7) is 5.97. The van der Waals surface area contributed by atoms with E-state index >= 15 is 0 Å². The van der Waals surface area contributed by atoms with E-state index in [4.69, 9.17) is 4.74 Å². The van der Waals surface area contributed by atoms with Crippen LogP contribution >= 0.6 is 0 Å². The molecular weight excluding hydrogens is 541 g/mol. The van der Waals surface area contributed by atoms with Crippen LogP contribution < -0.4 is 0 Å². The molecule has 2 aromatic rings. The number of ketones is 1. The first-order valence-corrected chi connectivity index (χ1v) is 13.8. The number of aromatic nitrogens is 2. The lowest BCUT2D eigenvalue weighted by molar-refractivity contribution is -0.324. The van der Waals surface area contributed by atoms with Gasteiger partial charge in [-0.05, 0) is 52.9 Å². The molecule has 2 fully saturated rings. The normalized spacial score (nSPS) is 16.4. The number of benzene rings is 1. The number of amides is 2. The van der Waals surface area contributed by atoms with E-state index in [1.165, 1.54) is 12.4 Å². The van der Waals surface area contributed by atoms with Crippen molar-refractivity contribution in [2.24, 2.45) is 0 Å². The molecule has 12 heteroatoms. The number of ether oxygens (including phenoxy) is 2. The van der Waals surface area contributed by atoms with Gasteiger partial charge >= 0.3 is 12.5 Å². The Morgan fingerprint density at radius 1 is 0.927 bits per heavy atom. The quantitative estimate of drug-likeness (QED) is 0.281. The SMILES string of the molecule is CC(C)(C)OC(=O)N1CCC(N(C(=O)c2cnc(-c3ccc(C(=O)CCCOC(F)(F)F)cc3)nc2)C2CC2)CC1. The van der Waals surface area contributed by atoms with E-state index in [1.54, 1.807) is 29.2 Å². The Bertz CT molecular complexity index is 1220. The van der Waals surface area contributed by atoms with Crippen molar-refractivity contribution in [3.8, 4) is 11.4 Å². The van der Waals surface area contributed by atoms with E-state index in [0.29, 0.717) is 48.4 Å². The highest BCUT2D eigenvalue weighted by molar-refractivity contribution is 5.96. The Labute approximate surface area is 237 Å². The molecule has 2 aliphatic rings. The Kier molecular flexibility index (Phi) is 9.31. The molecule has 1 aliphatic heterocycles. The molecule has 1 saturated heterocycles. The highest BCUT2D eigenvalue weighted by Gasteiger charge is 2.40. The standard InChI is InChI=1S/C29H35F3N4O5/c1-28(2,3)41-27(39)35-14-12-23(13-15-35)36(22-10-11-22)26(38)21-17-33-25(34-18-21)20-8-6-19(7-9-20)24(37)5-4-16-40-29(30,31)32/h6-9,17-18,22-23H,4-5,10-16H2,1-3H3. The first-order valence-electron chi connectivity index (χ1n) is 13.8.